The average molecular weight is 655 g/mol. The zero-order valence-electron chi connectivity index (χ0n) is 27.4. The second kappa shape index (κ2) is 12.7. The van der Waals surface area contributed by atoms with Gasteiger partial charge in [-0.1, -0.05) is 30.3 Å². The van der Waals surface area contributed by atoms with Crippen LogP contribution in [0, 0.1) is 6.92 Å². The number of amides is 2. The summed E-state index contributed by atoms with van der Waals surface area (Å²) in [5.74, 6) is 0.130. The molecule has 1 saturated heterocycles. The Labute approximate surface area is 277 Å². The van der Waals surface area contributed by atoms with E-state index >= 15 is 0 Å². The number of nitrogens with zero attached hydrogens (tertiary/aromatic N) is 7. The van der Waals surface area contributed by atoms with Gasteiger partial charge in [-0.05, 0) is 71.2 Å². The summed E-state index contributed by atoms with van der Waals surface area (Å²) in [5, 5.41) is 19.1. The van der Waals surface area contributed by atoms with E-state index < -0.39 is 17.2 Å². The number of alkyl carbamates (subject to hydrolysis) is 1. The summed E-state index contributed by atoms with van der Waals surface area (Å²) in [7, 11) is 1.82. The van der Waals surface area contributed by atoms with Gasteiger partial charge < -0.3 is 19.4 Å². The van der Waals surface area contributed by atoms with E-state index in [4.69, 9.17) is 14.1 Å². The number of carbonyl (C=O) groups excluding carboxylic acids is 2. The maximum atomic E-state index is 14.1. The molecule has 1 aliphatic heterocycles. The Morgan fingerprint density at radius 3 is 2.49 bits per heavy atom. The number of thiazole rings is 1. The number of aromatic nitrogens is 6. The van der Waals surface area contributed by atoms with Crippen LogP contribution in [-0.2, 0) is 23.7 Å². The first kappa shape index (κ1) is 32.0. The number of ether oxygens (including phenoxy) is 1. The maximum Gasteiger partial charge on any atom is 0.408 e. The first-order valence-electron chi connectivity index (χ1n) is 15.5. The molecule has 4 aromatic heterocycles. The van der Waals surface area contributed by atoms with E-state index in [2.05, 4.69) is 25.6 Å². The van der Waals surface area contributed by atoms with Gasteiger partial charge in [-0.25, -0.2) is 14.8 Å². The summed E-state index contributed by atoms with van der Waals surface area (Å²) in [6.45, 7) is 9.79. The molecule has 5 heterocycles. The molecule has 5 aromatic rings. The predicted octanol–water partition coefficient (Wildman–Crippen LogP) is 6.26. The molecule has 1 N–H and O–H groups in total. The Hall–Kier alpha value is -4.91. The zero-order chi connectivity index (χ0) is 33.3. The molecular formula is C34H38N8O4S. The van der Waals surface area contributed by atoms with Gasteiger partial charge in [0.1, 0.15) is 27.5 Å². The second-order valence-corrected chi connectivity index (χ2v) is 13.9. The summed E-state index contributed by atoms with van der Waals surface area (Å²) >= 11 is 1.58. The van der Waals surface area contributed by atoms with Gasteiger partial charge in [0.15, 0.2) is 0 Å². The Bertz CT molecular complexity index is 1890. The number of rotatable bonds is 8. The van der Waals surface area contributed by atoms with Crippen molar-refractivity contribution >= 4 is 23.3 Å². The molecule has 0 aliphatic carbocycles. The maximum absolute atomic E-state index is 14.1. The predicted molar refractivity (Wildman–Crippen MR) is 176 cm³/mol. The third-order valence-corrected chi connectivity index (χ3v) is 8.84. The van der Waals surface area contributed by atoms with Crippen LogP contribution in [0.1, 0.15) is 79.1 Å². The largest absolute Gasteiger partial charge is 0.444 e. The van der Waals surface area contributed by atoms with E-state index in [1.54, 1.807) is 48.9 Å². The smallest absolute Gasteiger partial charge is 0.408 e. The topological polar surface area (TPSA) is 141 Å². The summed E-state index contributed by atoms with van der Waals surface area (Å²) < 4.78 is 13.5. The van der Waals surface area contributed by atoms with Crippen LogP contribution in [0.2, 0.25) is 0 Å². The average Bonchev–Trinajstić information content (AvgIpc) is 3.83. The van der Waals surface area contributed by atoms with Crippen molar-refractivity contribution in [2.24, 2.45) is 7.05 Å². The van der Waals surface area contributed by atoms with Gasteiger partial charge in [0.25, 0.3) is 11.8 Å². The fourth-order valence-corrected chi connectivity index (χ4v) is 6.60. The first-order valence-corrected chi connectivity index (χ1v) is 16.4. The number of carbonyl (C=O) groups is 2. The molecule has 47 heavy (non-hydrogen) atoms. The molecule has 1 aliphatic rings. The van der Waals surface area contributed by atoms with Crippen LogP contribution >= 0.6 is 11.3 Å². The molecule has 244 valence electrons. The van der Waals surface area contributed by atoms with E-state index in [9.17, 15) is 9.59 Å². The monoisotopic (exact) mass is 654 g/mol. The van der Waals surface area contributed by atoms with Crippen molar-refractivity contribution in [2.75, 3.05) is 6.54 Å². The van der Waals surface area contributed by atoms with Crippen molar-refractivity contribution < 1.29 is 18.7 Å². The molecule has 2 atom stereocenters. The minimum atomic E-state index is -1.12. The van der Waals surface area contributed by atoms with Crippen LogP contribution in [0.25, 0.3) is 23.0 Å². The fraction of sp³-hybridized carbons (Fsp3) is 0.382. The Morgan fingerprint density at radius 1 is 1.04 bits per heavy atom. The lowest BCUT2D eigenvalue weighted by molar-refractivity contribution is 0.0443. The molecule has 2 amide bonds. The molecule has 6 rings (SSSR count). The summed E-state index contributed by atoms with van der Waals surface area (Å²) in [5.41, 5.74) is 1.89. The first-order chi connectivity index (χ1) is 22.4. The molecule has 0 spiro atoms. The molecule has 0 radical (unpaired) electrons. The molecular weight excluding hydrogens is 616 g/mol. The zero-order valence-corrected chi connectivity index (χ0v) is 28.2. The highest BCUT2D eigenvalue weighted by atomic mass is 32.1. The van der Waals surface area contributed by atoms with Gasteiger partial charge in [0.05, 0.1) is 11.7 Å². The Balaban J connectivity index is 1.38. The minimum Gasteiger partial charge on any atom is -0.444 e. The molecule has 1 fully saturated rings. The van der Waals surface area contributed by atoms with Gasteiger partial charge in [0.2, 0.25) is 5.89 Å². The lowest BCUT2D eigenvalue weighted by Gasteiger charge is -2.29. The van der Waals surface area contributed by atoms with Gasteiger partial charge in [-0.3, -0.25) is 9.48 Å². The molecule has 0 unspecified atom stereocenters. The van der Waals surface area contributed by atoms with Crippen LogP contribution in [-0.4, -0.2) is 59.0 Å². The van der Waals surface area contributed by atoms with E-state index in [1.165, 1.54) is 0 Å². The van der Waals surface area contributed by atoms with Crippen LogP contribution in [0.15, 0.2) is 64.5 Å². The van der Waals surface area contributed by atoms with E-state index in [-0.39, 0.29) is 23.7 Å². The number of pyridine rings is 1. The normalized spacial score (nSPS) is 16.2. The van der Waals surface area contributed by atoms with Crippen LogP contribution in [0.5, 0.6) is 0 Å². The lowest BCUT2D eigenvalue weighted by Crippen LogP contribution is -2.47. The van der Waals surface area contributed by atoms with Crippen molar-refractivity contribution in [3.05, 3.63) is 87.8 Å². The van der Waals surface area contributed by atoms with Crippen molar-refractivity contribution in [3.63, 3.8) is 0 Å². The van der Waals surface area contributed by atoms with E-state index in [0.29, 0.717) is 35.6 Å². The Morgan fingerprint density at radius 2 is 1.81 bits per heavy atom. The molecule has 0 bridgehead atoms. The standard InChI is InChI=1S/C34H38N8O4S/c1-21-20-47-29(35-21)27-13-10-15-42(27)30(43)23-17-25(24-14-16-41(6)40-24)36-26(18-23)28-38-39-31(45-28)34(5,19-22-11-8-7-9-12-22)37-32(44)46-33(2,3)4/h7-9,11-12,14,16-18,20,27H,10,13,15,19H2,1-6H3,(H,37,44)/t27-,34-/m1/s1. The highest BCUT2D eigenvalue weighted by Gasteiger charge is 2.37. The van der Waals surface area contributed by atoms with Gasteiger partial charge in [-0.2, -0.15) is 5.10 Å². The summed E-state index contributed by atoms with van der Waals surface area (Å²) in [4.78, 5) is 38.5. The highest BCUT2D eigenvalue weighted by molar-refractivity contribution is 7.09. The minimum absolute atomic E-state index is 0.0938. The molecule has 1 aromatic carbocycles. The summed E-state index contributed by atoms with van der Waals surface area (Å²) in [6, 6.07) is 14.9. The number of likely N-dealkylation sites (tertiary alicyclic amines) is 1. The van der Waals surface area contributed by atoms with Crippen molar-refractivity contribution in [3.8, 4) is 23.0 Å². The number of hydrogen-bond donors (Lipinski definition) is 1. The number of hydrogen-bond acceptors (Lipinski definition) is 10. The lowest BCUT2D eigenvalue weighted by atomic mass is 9.92. The number of aryl methyl sites for hydroxylation is 2. The Kier molecular flexibility index (Phi) is 8.66. The SMILES string of the molecule is Cc1csc([C@H]2CCCN2C(=O)c2cc(-c3ccn(C)n3)nc(-c3nnc([C@@](C)(Cc4ccccc4)NC(=O)OC(C)(C)C)o3)c2)n1. The quantitative estimate of drug-likeness (QED) is 0.205. The van der Waals surface area contributed by atoms with Crippen LogP contribution < -0.4 is 5.32 Å². The van der Waals surface area contributed by atoms with E-state index in [1.807, 2.05) is 73.8 Å². The second-order valence-electron chi connectivity index (χ2n) is 13.0. The molecule has 12 nitrogen and oxygen atoms in total. The van der Waals surface area contributed by atoms with Crippen molar-refractivity contribution in [1.29, 1.82) is 0 Å². The van der Waals surface area contributed by atoms with Gasteiger partial charge >= 0.3 is 6.09 Å². The third kappa shape index (κ3) is 7.25. The number of benzene rings is 1. The highest BCUT2D eigenvalue weighted by Crippen LogP contribution is 2.36. The van der Waals surface area contributed by atoms with Crippen molar-refractivity contribution in [2.45, 2.75) is 71.1 Å². The van der Waals surface area contributed by atoms with Crippen LogP contribution in [0.3, 0.4) is 0 Å². The molecule has 0 saturated carbocycles. The van der Waals surface area contributed by atoms with E-state index in [0.717, 1.165) is 29.1 Å². The van der Waals surface area contributed by atoms with Crippen molar-refractivity contribution in [1.82, 2.24) is 40.2 Å². The third-order valence-electron chi connectivity index (χ3n) is 7.78. The van der Waals surface area contributed by atoms with Gasteiger partial charge in [-0.15, -0.1) is 21.5 Å². The number of nitrogens with one attached hydrogen (secondary N) is 1. The van der Waals surface area contributed by atoms with Crippen LogP contribution in [0.4, 0.5) is 4.79 Å². The molecule has 13 heteroatoms. The van der Waals surface area contributed by atoms with Gasteiger partial charge in [0, 0.05) is 42.8 Å². The summed E-state index contributed by atoms with van der Waals surface area (Å²) in [6.07, 6.45) is 3.29. The fourth-order valence-electron chi connectivity index (χ4n) is 5.66.